The average molecular weight is 410 g/mol. The summed E-state index contributed by atoms with van der Waals surface area (Å²) in [7, 11) is 0. The molecule has 0 radical (unpaired) electrons. The van der Waals surface area contributed by atoms with E-state index in [1.54, 1.807) is 11.0 Å². The fraction of sp³-hybridized carbons (Fsp3) is 0.429. The van der Waals surface area contributed by atoms with E-state index in [1.165, 1.54) is 12.3 Å². The van der Waals surface area contributed by atoms with Gasteiger partial charge in [0.15, 0.2) is 0 Å². The Kier molecular flexibility index (Phi) is 4.34. The summed E-state index contributed by atoms with van der Waals surface area (Å²) in [6, 6.07) is 5.07. The molecule has 0 atom stereocenters. The molecule has 0 bridgehead atoms. The molecule has 1 N–H and O–H groups in total. The minimum Gasteiger partial charge on any atom is -0.443 e. The van der Waals surface area contributed by atoms with Crippen LogP contribution in [-0.2, 0) is 0 Å². The number of aromatic nitrogens is 3. The van der Waals surface area contributed by atoms with Crippen molar-refractivity contribution >= 4 is 28.5 Å². The molecular formula is C21H23FN6O2. The molecule has 1 saturated carbocycles. The first-order chi connectivity index (χ1) is 14.4. The minimum absolute atomic E-state index is 0.0121. The average Bonchev–Trinajstić information content (AvgIpc) is 3.33. The molecule has 4 heterocycles. The van der Waals surface area contributed by atoms with Gasteiger partial charge in [0, 0.05) is 49.7 Å². The summed E-state index contributed by atoms with van der Waals surface area (Å²) in [5.74, 6) is 0.769. The van der Waals surface area contributed by atoms with Gasteiger partial charge < -0.3 is 19.5 Å². The monoisotopic (exact) mass is 410 g/mol. The SMILES string of the molecule is Cc1cc2c(NC3(C)CC3)nc(C(=O)N3CCN(c4ccnc(F)c4)CC3)nc2o1. The number of anilines is 2. The van der Waals surface area contributed by atoms with E-state index in [0.29, 0.717) is 37.7 Å². The first-order valence-electron chi connectivity index (χ1n) is 10.1. The van der Waals surface area contributed by atoms with Gasteiger partial charge >= 0.3 is 0 Å². The Morgan fingerprint density at radius 3 is 2.67 bits per heavy atom. The number of fused-ring (bicyclic) bond motifs is 1. The molecule has 1 saturated heterocycles. The van der Waals surface area contributed by atoms with E-state index < -0.39 is 5.95 Å². The van der Waals surface area contributed by atoms with Crippen LogP contribution in [0.25, 0.3) is 11.1 Å². The van der Waals surface area contributed by atoms with Crippen molar-refractivity contribution in [2.45, 2.75) is 32.2 Å². The predicted octanol–water partition coefficient (Wildman–Crippen LogP) is 2.99. The van der Waals surface area contributed by atoms with Gasteiger partial charge in [-0.15, -0.1) is 0 Å². The normalized spacial score (nSPS) is 18.0. The van der Waals surface area contributed by atoms with Gasteiger partial charge in [-0.2, -0.15) is 9.37 Å². The highest BCUT2D eigenvalue weighted by Gasteiger charge is 2.38. The lowest BCUT2D eigenvalue weighted by atomic mass is 10.2. The zero-order valence-corrected chi connectivity index (χ0v) is 17.0. The molecule has 1 aliphatic heterocycles. The van der Waals surface area contributed by atoms with Crippen molar-refractivity contribution in [3.05, 3.63) is 41.9 Å². The predicted molar refractivity (Wildman–Crippen MR) is 110 cm³/mol. The Morgan fingerprint density at radius 1 is 1.20 bits per heavy atom. The maximum Gasteiger partial charge on any atom is 0.291 e. The minimum atomic E-state index is -0.508. The van der Waals surface area contributed by atoms with Crippen molar-refractivity contribution in [2.24, 2.45) is 0 Å². The van der Waals surface area contributed by atoms with E-state index >= 15 is 0 Å². The molecule has 3 aromatic rings. The van der Waals surface area contributed by atoms with Crippen molar-refractivity contribution < 1.29 is 13.6 Å². The maximum atomic E-state index is 13.4. The Morgan fingerprint density at radius 2 is 1.97 bits per heavy atom. The first-order valence-corrected chi connectivity index (χ1v) is 10.1. The van der Waals surface area contributed by atoms with Crippen LogP contribution in [0.4, 0.5) is 15.9 Å². The lowest BCUT2D eigenvalue weighted by Crippen LogP contribution is -2.49. The number of hydrogen-bond acceptors (Lipinski definition) is 7. The Bertz CT molecular complexity index is 1120. The molecule has 156 valence electrons. The van der Waals surface area contributed by atoms with Crippen molar-refractivity contribution in [1.29, 1.82) is 0 Å². The molecule has 5 rings (SSSR count). The van der Waals surface area contributed by atoms with Crippen LogP contribution in [0.3, 0.4) is 0 Å². The number of hydrogen-bond donors (Lipinski definition) is 1. The van der Waals surface area contributed by atoms with Gasteiger partial charge in [0.25, 0.3) is 5.91 Å². The smallest absolute Gasteiger partial charge is 0.291 e. The molecule has 1 amide bonds. The number of nitrogens with one attached hydrogen (secondary N) is 1. The Balaban J connectivity index is 1.36. The van der Waals surface area contributed by atoms with Crippen molar-refractivity contribution in [3.8, 4) is 0 Å². The first kappa shape index (κ1) is 18.8. The topological polar surface area (TPSA) is 87.4 Å². The number of rotatable bonds is 4. The Labute approximate surface area is 173 Å². The summed E-state index contributed by atoms with van der Waals surface area (Å²) >= 11 is 0. The molecule has 0 spiro atoms. The number of furan rings is 1. The highest BCUT2D eigenvalue weighted by Crippen LogP contribution is 2.39. The second-order valence-electron chi connectivity index (χ2n) is 8.27. The molecule has 2 aliphatic rings. The number of pyridine rings is 1. The second-order valence-corrected chi connectivity index (χ2v) is 8.27. The number of carbonyl (C=O) groups is 1. The molecule has 3 aromatic heterocycles. The van der Waals surface area contributed by atoms with Gasteiger partial charge in [-0.3, -0.25) is 4.79 Å². The van der Waals surface area contributed by atoms with Crippen LogP contribution in [0.5, 0.6) is 0 Å². The van der Waals surface area contributed by atoms with Gasteiger partial charge in [-0.1, -0.05) is 0 Å². The van der Waals surface area contributed by atoms with Crippen molar-refractivity contribution in [3.63, 3.8) is 0 Å². The zero-order chi connectivity index (χ0) is 20.9. The summed E-state index contributed by atoms with van der Waals surface area (Å²) in [6.07, 6.45) is 3.58. The van der Waals surface area contributed by atoms with Gasteiger partial charge in [0.2, 0.25) is 17.5 Å². The third-order valence-corrected chi connectivity index (χ3v) is 5.77. The quantitative estimate of drug-likeness (QED) is 0.662. The number of aryl methyl sites for hydroxylation is 1. The molecule has 1 aliphatic carbocycles. The summed E-state index contributed by atoms with van der Waals surface area (Å²) in [5.41, 5.74) is 1.20. The Hall–Kier alpha value is -3.23. The lowest BCUT2D eigenvalue weighted by Gasteiger charge is -2.35. The maximum absolute atomic E-state index is 13.4. The van der Waals surface area contributed by atoms with Crippen molar-refractivity contribution in [1.82, 2.24) is 19.9 Å². The standard InChI is InChI=1S/C21H23FN6O2/c1-13-11-15-17(26-21(2)4-5-21)24-18(25-19(15)30-13)20(29)28-9-7-27(8-10-28)14-3-6-23-16(22)12-14/h3,6,11-12H,4-5,7-10H2,1-2H3,(H,24,25,26). The molecule has 2 fully saturated rings. The third kappa shape index (κ3) is 3.55. The number of halogens is 1. The third-order valence-electron chi connectivity index (χ3n) is 5.77. The second kappa shape index (κ2) is 6.93. The summed E-state index contributed by atoms with van der Waals surface area (Å²) in [4.78, 5) is 29.4. The summed E-state index contributed by atoms with van der Waals surface area (Å²) < 4.78 is 19.1. The van der Waals surface area contributed by atoms with Crippen LogP contribution in [0.1, 0.15) is 36.1 Å². The molecule has 0 unspecified atom stereocenters. The number of amides is 1. The van der Waals surface area contributed by atoms with E-state index in [4.69, 9.17) is 4.42 Å². The molecule has 9 heteroatoms. The molecule has 30 heavy (non-hydrogen) atoms. The molecule has 8 nitrogen and oxygen atoms in total. The van der Waals surface area contributed by atoms with E-state index in [0.717, 1.165) is 29.7 Å². The lowest BCUT2D eigenvalue weighted by molar-refractivity contribution is 0.0734. The summed E-state index contributed by atoms with van der Waals surface area (Å²) in [6.45, 7) is 6.19. The van der Waals surface area contributed by atoms with Crippen molar-refractivity contribution in [2.75, 3.05) is 36.4 Å². The number of piperazine rings is 1. The van der Waals surface area contributed by atoms with Crippen LogP contribution in [0.2, 0.25) is 0 Å². The van der Waals surface area contributed by atoms with Gasteiger partial charge in [-0.05, 0) is 38.8 Å². The van der Waals surface area contributed by atoms with Crippen LogP contribution in [-0.4, -0.2) is 57.5 Å². The van der Waals surface area contributed by atoms with E-state index in [2.05, 4.69) is 27.2 Å². The van der Waals surface area contributed by atoms with Gasteiger partial charge in [-0.25, -0.2) is 9.97 Å². The fourth-order valence-electron chi connectivity index (χ4n) is 3.73. The number of nitrogens with zero attached hydrogens (tertiary/aromatic N) is 5. The van der Waals surface area contributed by atoms with E-state index in [-0.39, 0.29) is 17.3 Å². The largest absolute Gasteiger partial charge is 0.443 e. The zero-order valence-electron chi connectivity index (χ0n) is 17.0. The van der Waals surface area contributed by atoms with Gasteiger partial charge in [0.1, 0.15) is 11.6 Å². The van der Waals surface area contributed by atoms with Crippen LogP contribution in [0, 0.1) is 12.9 Å². The summed E-state index contributed by atoms with van der Waals surface area (Å²) in [5, 5.41) is 4.24. The number of carbonyl (C=O) groups excluding carboxylic acids is 1. The fourth-order valence-corrected chi connectivity index (χ4v) is 3.73. The van der Waals surface area contributed by atoms with Crippen LogP contribution in [0.15, 0.2) is 28.8 Å². The van der Waals surface area contributed by atoms with Crippen LogP contribution >= 0.6 is 0 Å². The van der Waals surface area contributed by atoms with E-state index in [1.807, 2.05) is 17.9 Å². The molecular weight excluding hydrogens is 387 g/mol. The van der Waals surface area contributed by atoms with Gasteiger partial charge in [0.05, 0.1) is 5.39 Å². The highest BCUT2D eigenvalue weighted by atomic mass is 19.1. The molecule has 0 aromatic carbocycles. The highest BCUT2D eigenvalue weighted by molar-refractivity contribution is 5.95. The van der Waals surface area contributed by atoms with E-state index in [9.17, 15) is 9.18 Å². The van der Waals surface area contributed by atoms with Crippen LogP contribution < -0.4 is 10.2 Å².